The van der Waals surface area contributed by atoms with E-state index in [0.29, 0.717) is 36.7 Å². The van der Waals surface area contributed by atoms with Crippen molar-refractivity contribution < 1.29 is 37.3 Å². The molecule has 2 aliphatic rings. The van der Waals surface area contributed by atoms with E-state index in [9.17, 15) is 27.9 Å². The van der Waals surface area contributed by atoms with Gasteiger partial charge < -0.3 is 30.1 Å². The Bertz CT molecular complexity index is 1350. The molecule has 4 atom stereocenters. The largest absolute Gasteiger partial charge is 0.490 e. The molecule has 0 radical (unpaired) electrons. The van der Waals surface area contributed by atoms with Crippen LogP contribution in [0.2, 0.25) is 0 Å². The van der Waals surface area contributed by atoms with E-state index in [4.69, 9.17) is 9.47 Å². The molecule has 2 aromatic carbocycles. The number of carbonyl (C=O) groups is 2. The number of likely N-dealkylation sites (N-methyl/N-ethyl adjacent to an activating group) is 1. The van der Waals surface area contributed by atoms with E-state index < -0.39 is 17.8 Å². The number of urea groups is 1. The van der Waals surface area contributed by atoms with Crippen molar-refractivity contribution in [1.82, 2.24) is 15.1 Å². The Morgan fingerprint density at radius 3 is 2.41 bits per heavy atom. The Balaban J connectivity index is 1.54. The number of hydrogen-bond acceptors (Lipinski definition) is 6. The van der Waals surface area contributed by atoms with Crippen molar-refractivity contribution in [2.75, 3.05) is 38.7 Å². The van der Waals surface area contributed by atoms with Crippen molar-refractivity contribution in [3.05, 3.63) is 59.2 Å². The van der Waals surface area contributed by atoms with Crippen LogP contribution in [-0.2, 0) is 17.5 Å². The van der Waals surface area contributed by atoms with Crippen LogP contribution in [0, 0.1) is 5.92 Å². The molecular weight excluding hydrogens is 637 g/mol. The first kappa shape index (κ1) is 38.5. The number of nitrogens with one attached hydrogen (secondary N) is 2. The average molecular weight is 691 g/mol. The molecule has 3 N–H and O–H groups in total. The zero-order valence-corrected chi connectivity index (χ0v) is 29.2. The summed E-state index contributed by atoms with van der Waals surface area (Å²) in [7, 11) is 1.90. The number of halogens is 3. The Morgan fingerprint density at radius 2 is 1.73 bits per heavy atom. The number of aliphatic hydroxyl groups is 1. The van der Waals surface area contributed by atoms with Gasteiger partial charge >= 0.3 is 12.2 Å². The Kier molecular flexibility index (Phi) is 14.2. The zero-order chi connectivity index (χ0) is 35.6. The molecule has 1 heterocycles. The van der Waals surface area contributed by atoms with Crippen LogP contribution in [0.25, 0.3) is 0 Å². The number of hydrogen-bond donors (Lipinski definition) is 3. The quantitative estimate of drug-likeness (QED) is 0.274. The van der Waals surface area contributed by atoms with E-state index in [0.717, 1.165) is 62.6 Å². The van der Waals surface area contributed by atoms with Crippen molar-refractivity contribution in [2.45, 2.75) is 109 Å². The van der Waals surface area contributed by atoms with E-state index in [1.54, 1.807) is 30.0 Å². The SMILES string of the molecule is C[C@@H]1CCCCO[C@H](CN(C)Cc2ccc(C(F)(F)F)cc2)[C@@H](C)CN([C@@H](C)CO)C(=O)c2cc(NC(=O)NC3CCCCC3)ccc2O1. The Morgan fingerprint density at radius 1 is 1.04 bits per heavy atom. The number of fused-ring (bicyclic) bond motifs is 1. The van der Waals surface area contributed by atoms with E-state index in [1.807, 2.05) is 25.8 Å². The molecule has 0 bridgehead atoms. The second kappa shape index (κ2) is 18.1. The van der Waals surface area contributed by atoms with Gasteiger partial charge in [0.15, 0.2) is 0 Å². The predicted octanol–water partition coefficient (Wildman–Crippen LogP) is 7.09. The number of alkyl halides is 3. The van der Waals surface area contributed by atoms with Crippen LogP contribution in [0.3, 0.4) is 0 Å². The molecule has 9 nitrogen and oxygen atoms in total. The molecule has 3 amide bonds. The summed E-state index contributed by atoms with van der Waals surface area (Å²) in [5.74, 6) is -0.0812. The molecule has 1 fully saturated rings. The van der Waals surface area contributed by atoms with Gasteiger partial charge in [0.1, 0.15) is 5.75 Å². The maximum atomic E-state index is 14.4. The second-order valence-electron chi connectivity index (χ2n) is 13.8. The van der Waals surface area contributed by atoms with Gasteiger partial charge in [-0.2, -0.15) is 13.2 Å². The summed E-state index contributed by atoms with van der Waals surface area (Å²) in [5, 5.41) is 16.2. The van der Waals surface area contributed by atoms with Crippen molar-refractivity contribution in [3.8, 4) is 5.75 Å². The fourth-order valence-electron chi connectivity index (χ4n) is 6.54. The fourth-order valence-corrected chi connectivity index (χ4v) is 6.54. The highest BCUT2D eigenvalue weighted by Gasteiger charge is 2.32. The van der Waals surface area contributed by atoms with E-state index in [-0.39, 0.29) is 49.3 Å². The maximum absolute atomic E-state index is 14.4. The first-order valence-corrected chi connectivity index (χ1v) is 17.6. The number of rotatable bonds is 8. The zero-order valence-electron chi connectivity index (χ0n) is 29.2. The molecule has 0 unspecified atom stereocenters. The minimum absolute atomic E-state index is 0.128. The number of amides is 3. The summed E-state index contributed by atoms with van der Waals surface area (Å²) < 4.78 is 51.9. The highest BCUT2D eigenvalue weighted by Crippen LogP contribution is 2.30. The van der Waals surface area contributed by atoms with Crippen LogP contribution in [0.4, 0.5) is 23.7 Å². The third-order valence-corrected chi connectivity index (χ3v) is 9.48. The van der Waals surface area contributed by atoms with Gasteiger partial charge in [0.25, 0.3) is 5.91 Å². The van der Waals surface area contributed by atoms with Crippen molar-refractivity contribution in [2.24, 2.45) is 5.92 Å². The molecule has 0 aromatic heterocycles. The minimum Gasteiger partial charge on any atom is -0.490 e. The molecule has 1 aliphatic heterocycles. The summed E-state index contributed by atoms with van der Waals surface area (Å²) in [5.41, 5.74) is 0.825. The van der Waals surface area contributed by atoms with Gasteiger partial charge in [-0.1, -0.05) is 38.3 Å². The molecule has 272 valence electrons. The lowest BCUT2D eigenvalue weighted by Crippen LogP contribution is -2.47. The number of benzene rings is 2. The van der Waals surface area contributed by atoms with Crippen LogP contribution in [0.1, 0.15) is 93.6 Å². The number of nitrogens with zero attached hydrogens (tertiary/aromatic N) is 2. The third-order valence-electron chi connectivity index (χ3n) is 9.48. The first-order chi connectivity index (χ1) is 23.3. The van der Waals surface area contributed by atoms with Gasteiger partial charge in [0.05, 0.1) is 36.0 Å². The van der Waals surface area contributed by atoms with Crippen molar-refractivity contribution >= 4 is 17.6 Å². The van der Waals surface area contributed by atoms with Crippen LogP contribution < -0.4 is 15.4 Å². The summed E-state index contributed by atoms with van der Waals surface area (Å²) in [6, 6.07) is 9.56. The van der Waals surface area contributed by atoms with Gasteiger partial charge in [0.2, 0.25) is 0 Å². The predicted molar refractivity (Wildman–Crippen MR) is 184 cm³/mol. The Hall–Kier alpha value is -3.35. The highest BCUT2D eigenvalue weighted by atomic mass is 19.4. The first-order valence-electron chi connectivity index (χ1n) is 17.6. The van der Waals surface area contributed by atoms with Crippen LogP contribution in [0.5, 0.6) is 5.75 Å². The summed E-state index contributed by atoms with van der Waals surface area (Å²) in [6.07, 6.45) is 2.78. The molecule has 2 aromatic rings. The summed E-state index contributed by atoms with van der Waals surface area (Å²) in [6.45, 7) is 7.17. The highest BCUT2D eigenvalue weighted by molar-refractivity contribution is 5.99. The molecule has 0 saturated heterocycles. The molecule has 1 saturated carbocycles. The summed E-state index contributed by atoms with van der Waals surface area (Å²) >= 11 is 0. The standard InChI is InChI=1S/C37H53F3N4O5/c1-25-21-44(26(2)24-45)35(46)32-20-31(42-36(47)41-30-11-6-5-7-12-30)17-18-33(32)49-27(3)10-8-9-19-48-34(25)23-43(4)22-28-13-15-29(16-14-28)37(38,39)40/h13-18,20,25-27,30,34,45H,5-12,19,21-24H2,1-4H3,(H2,41,42,47)/t25-,26-,27+,34+/m0/s1. The second-order valence-corrected chi connectivity index (χ2v) is 13.8. The normalized spacial score (nSPS) is 22.5. The van der Waals surface area contributed by atoms with E-state index >= 15 is 0 Å². The lowest BCUT2D eigenvalue weighted by atomic mass is 9.96. The van der Waals surface area contributed by atoms with Gasteiger partial charge in [-0.15, -0.1) is 0 Å². The lowest BCUT2D eigenvalue weighted by Gasteiger charge is -2.36. The Labute approximate surface area is 288 Å². The molecule has 49 heavy (non-hydrogen) atoms. The van der Waals surface area contributed by atoms with Crippen LogP contribution in [-0.4, -0.2) is 84.5 Å². The molecule has 1 aliphatic carbocycles. The maximum Gasteiger partial charge on any atom is 0.416 e. The van der Waals surface area contributed by atoms with Crippen LogP contribution in [0.15, 0.2) is 42.5 Å². The van der Waals surface area contributed by atoms with Gasteiger partial charge in [-0.25, -0.2) is 4.79 Å². The molecule has 0 spiro atoms. The van der Waals surface area contributed by atoms with Crippen molar-refractivity contribution in [1.29, 1.82) is 0 Å². The number of carbonyl (C=O) groups excluding carboxylic acids is 2. The molecular formula is C37H53F3N4O5. The average Bonchev–Trinajstić information content (AvgIpc) is 3.06. The monoisotopic (exact) mass is 690 g/mol. The number of ether oxygens (including phenoxy) is 2. The minimum atomic E-state index is -4.39. The van der Waals surface area contributed by atoms with Crippen molar-refractivity contribution in [3.63, 3.8) is 0 Å². The van der Waals surface area contributed by atoms with Gasteiger partial charge in [-0.05, 0) is 88.9 Å². The summed E-state index contributed by atoms with van der Waals surface area (Å²) in [4.78, 5) is 30.9. The van der Waals surface area contributed by atoms with Gasteiger partial charge in [0, 0.05) is 43.9 Å². The smallest absolute Gasteiger partial charge is 0.416 e. The van der Waals surface area contributed by atoms with Gasteiger partial charge in [-0.3, -0.25) is 9.69 Å². The number of anilines is 1. The molecule has 4 rings (SSSR count). The number of aliphatic hydroxyl groups excluding tert-OH is 1. The molecule has 12 heteroatoms. The van der Waals surface area contributed by atoms with E-state index in [2.05, 4.69) is 10.6 Å². The lowest BCUT2D eigenvalue weighted by molar-refractivity contribution is -0.137. The van der Waals surface area contributed by atoms with Crippen LogP contribution >= 0.6 is 0 Å². The van der Waals surface area contributed by atoms with E-state index in [1.165, 1.54) is 18.6 Å². The fraction of sp³-hybridized carbons (Fsp3) is 0.622. The topological polar surface area (TPSA) is 103 Å². The third kappa shape index (κ3) is 11.6.